The van der Waals surface area contributed by atoms with Crippen molar-refractivity contribution < 1.29 is 23.4 Å². The monoisotopic (exact) mass is 296 g/mol. The van der Waals surface area contributed by atoms with Crippen LogP contribution in [0.15, 0.2) is 18.2 Å². The summed E-state index contributed by atoms with van der Waals surface area (Å²) >= 11 is 0. The molecule has 1 saturated heterocycles. The lowest BCUT2D eigenvalue weighted by Gasteiger charge is -2.31. The predicted octanol–water partition coefficient (Wildman–Crippen LogP) is 2.99. The van der Waals surface area contributed by atoms with Gasteiger partial charge < -0.3 is 14.2 Å². The Morgan fingerprint density at radius 3 is 2.62 bits per heavy atom. The highest BCUT2D eigenvalue weighted by Gasteiger charge is 2.26. The Morgan fingerprint density at radius 2 is 2.00 bits per heavy atom. The maximum absolute atomic E-state index is 13.3. The molecule has 2 rings (SSSR count). The number of carbonyl (C=O) groups excluding carboxylic acids is 1. The van der Waals surface area contributed by atoms with E-state index in [9.17, 15) is 9.18 Å². The Bertz CT molecular complexity index is 493. The van der Waals surface area contributed by atoms with E-state index in [-0.39, 0.29) is 36.3 Å². The lowest BCUT2D eigenvalue weighted by atomic mass is 10.0. The number of hydrogen-bond acceptors (Lipinski definition) is 4. The Morgan fingerprint density at radius 1 is 1.33 bits per heavy atom. The zero-order valence-electron chi connectivity index (χ0n) is 12.6. The Hall–Kier alpha value is -1.46. The average Bonchev–Trinajstić information content (AvgIpc) is 2.43. The van der Waals surface area contributed by atoms with Crippen molar-refractivity contribution in [3.63, 3.8) is 0 Å². The van der Waals surface area contributed by atoms with Gasteiger partial charge in [-0.1, -0.05) is 0 Å². The van der Waals surface area contributed by atoms with Gasteiger partial charge in [0.25, 0.3) is 0 Å². The molecule has 1 aromatic carbocycles. The number of ether oxygens (including phenoxy) is 3. The average molecular weight is 296 g/mol. The molecule has 0 aliphatic carbocycles. The van der Waals surface area contributed by atoms with Crippen LogP contribution in [0.4, 0.5) is 4.39 Å². The first kappa shape index (κ1) is 15.9. The quantitative estimate of drug-likeness (QED) is 0.784. The van der Waals surface area contributed by atoms with Gasteiger partial charge in [0, 0.05) is 0 Å². The summed E-state index contributed by atoms with van der Waals surface area (Å²) in [6.45, 7) is 3.90. The first-order chi connectivity index (χ1) is 9.99. The lowest BCUT2D eigenvalue weighted by Crippen LogP contribution is -2.35. The summed E-state index contributed by atoms with van der Waals surface area (Å²) in [5.74, 6) is -0.385. The van der Waals surface area contributed by atoms with Crippen LogP contribution in [0.5, 0.6) is 5.75 Å². The van der Waals surface area contributed by atoms with Crippen molar-refractivity contribution >= 4 is 5.78 Å². The zero-order valence-corrected chi connectivity index (χ0v) is 12.6. The van der Waals surface area contributed by atoms with Crippen LogP contribution < -0.4 is 4.74 Å². The molecule has 1 fully saturated rings. The molecular weight excluding hydrogens is 275 g/mol. The van der Waals surface area contributed by atoms with Gasteiger partial charge in [-0.25, -0.2) is 4.39 Å². The molecule has 0 radical (unpaired) electrons. The summed E-state index contributed by atoms with van der Waals surface area (Å²) in [6, 6.07) is 3.89. The molecule has 5 heteroatoms. The molecule has 0 N–H and O–H groups in total. The van der Waals surface area contributed by atoms with Crippen LogP contribution in [0.2, 0.25) is 0 Å². The molecule has 4 nitrogen and oxygen atoms in total. The van der Waals surface area contributed by atoms with E-state index in [1.54, 1.807) is 0 Å². The molecule has 1 aliphatic rings. The van der Waals surface area contributed by atoms with Crippen molar-refractivity contribution in [2.75, 3.05) is 13.7 Å². The summed E-state index contributed by atoms with van der Waals surface area (Å²) < 4.78 is 29.7. The first-order valence-electron chi connectivity index (χ1n) is 7.13. The third-order valence-electron chi connectivity index (χ3n) is 3.57. The Kier molecular flexibility index (Phi) is 5.31. The highest BCUT2D eigenvalue weighted by atomic mass is 19.1. The standard InChI is InChI=1S/C16H21FO4/c1-10-6-13(7-11(2)21-10)20-9-15(18)14-8-12(17)4-5-16(14)19-3/h4-5,8,10-11,13H,6-7,9H2,1-3H3. The van der Waals surface area contributed by atoms with Gasteiger partial charge in [-0.15, -0.1) is 0 Å². The highest BCUT2D eigenvalue weighted by Crippen LogP contribution is 2.23. The summed E-state index contributed by atoms with van der Waals surface area (Å²) in [7, 11) is 1.45. The molecule has 1 aromatic rings. The number of methoxy groups -OCH3 is 1. The van der Waals surface area contributed by atoms with E-state index >= 15 is 0 Å². The Labute approximate surface area is 124 Å². The molecule has 21 heavy (non-hydrogen) atoms. The maximum atomic E-state index is 13.3. The van der Waals surface area contributed by atoms with Crippen molar-refractivity contribution in [2.24, 2.45) is 0 Å². The van der Waals surface area contributed by atoms with Crippen LogP contribution in [0, 0.1) is 5.82 Å². The minimum Gasteiger partial charge on any atom is -0.496 e. The van der Waals surface area contributed by atoms with Gasteiger partial charge in [0.05, 0.1) is 31.0 Å². The SMILES string of the molecule is COc1ccc(F)cc1C(=O)COC1CC(C)OC(C)C1. The minimum absolute atomic E-state index is 0.00717. The maximum Gasteiger partial charge on any atom is 0.192 e. The van der Waals surface area contributed by atoms with E-state index in [2.05, 4.69) is 0 Å². The van der Waals surface area contributed by atoms with E-state index in [0.29, 0.717) is 5.75 Å². The normalized spacial score (nSPS) is 25.6. The smallest absolute Gasteiger partial charge is 0.192 e. The lowest BCUT2D eigenvalue weighted by molar-refractivity contribution is -0.0975. The molecule has 0 aromatic heterocycles. The van der Waals surface area contributed by atoms with Crippen LogP contribution in [-0.2, 0) is 9.47 Å². The molecule has 0 saturated carbocycles. The predicted molar refractivity (Wildman–Crippen MR) is 76.3 cm³/mol. The van der Waals surface area contributed by atoms with Crippen molar-refractivity contribution in [3.8, 4) is 5.75 Å². The van der Waals surface area contributed by atoms with E-state index < -0.39 is 5.82 Å². The number of carbonyl (C=O) groups is 1. The second-order valence-corrected chi connectivity index (χ2v) is 5.43. The summed E-state index contributed by atoms with van der Waals surface area (Å²) in [6.07, 6.45) is 1.76. The zero-order chi connectivity index (χ0) is 15.4. The number of rotatable bonds is 5. The fourth-order valence-electron chi connectivity index (χ4n) is 2.65. The van der Waals surface area contributed by atoms with Gasteiger partial charge in [0.2, 0.25) is 0 Å². The number of Topliss-reactive ketones (excluding diaryl/α,β-unsaturated/α-hetero) is 1. The molecule has 0 amide bonds. The number of halogens is 1. The second kappa shape index (κ2) is 7.00. The van der Waals surface area contributed by atoms with Crippen LogP contribution in [0.1, 0.15) is 37.0 Å². The third-order valence-corrected chi connectivity index (χ3v) is 3.57. The van der Waals surface area contributed by atoms with E-state index in [1.165, 1.54) is 25.3 Å². The fraction of sp³-hybridized carbons (Fsp3) is 0.562. The van der Waals surface area contributed by atoms with Crippen molar-refractivity contribution in [1.29, 1.82) is 0 Å². The van der Waals surface area contributed by atoms with Crippen molar-refractivity contribution in [1.82, 2.24) is 0 Å². The van der Waals surface area contributed by atoms with E-state index in [0.717, 1.165) is 12.8 Å². The number of benzene rings is 1. The molecule has 2 atom stereocenters. The van der Waals surface area contributed by atoms with E-state index in [4.69, 9.17) is 14.2 Å². The van der Waals surface area contributed by atoms with Gasteiger partial charge in [-0.2, -0.15) is 0 Å². The summed E-state index contributed by atoms with van der Waals surface area (Å²) in [5, 5.41) is 0. The van der Waals surface area contributed by atoms with Crippen molar-refractivity contribution in [3.05, 3.63) is 29.6 Å². The molecular formula is C16H21FO4. The largest absolute Gasteiger partial charge is 0.496 e. The van der Waals surface area contributed by atoms with E-state index in [1.807, 2.05) is 13.8 Å². The van der Waals surface area contributed by atoms with Crippen LogP contribution >= 0.6 is 0 Å². The molecule has 0 spiro atoms. The first-order valence-corrected chi connectivity index (χ1v) is 7.13. The summed E-state index contributed by atoms with van der Waals surface area (Å²) in [5.41, 5.74) is 0.214. The van der Waals surface area contributed by atoms with Crippen LogP contribution in [0.3, 0.4) is 0 Å². The molecule has 1 aliphatic heterocycles. The van der Waals surface area contributed by atoms with Gasteiger partial charge >= 0.3 is 0 Å². The van der Waals surface area contributed by atoms with Crippen LogP contribution in [0.25, 0.3) is 0 Å². The highest BCUT2D eigenvalue weighted by molar-refractivity contribution is 5.99. The molecule has 0 bridgehead atoms. The third kappa shape index (κ3) is 4.25. The Balaban J connectivity index is 1.97. The number of hydrogen-bond donors (Lipinski definition) is 0. The fourth-order valence-corrected chi connectivity index (χ4v) is 2.65. The van der Waals surface area contributed by atoms with Crippen molar-refractivity contribution in [2.45, 2.75) is 45.0 Å². The van der Waals surface area contributed by atoms with Gasteiger partial charge in [-0.05, 0) is 44.9 Å². The second-order valence-electron chi connectivity index (χ2n) is 5.43. The molecule has 1 heterocycles. The van der Waals surface area contributed by atoms with Gasteiger partial charge in [-0.3, -0.25) is 4.79 Å². The van der Waals surface area contributed by atoms with Gasteiger partial charge in [0.1, 0.15) is 18.2 Å². The summed E-state index contributed by atoms with van der Waals surface area (Å²) in [4.78, 5) is 12.2. The molecule has 116 valence electrons. The van der Waals surface area contributed by atoms with Gasteiger partial charge in [0.15, 0.2) is 5.78 Å². The topological polar surface area (TPSA) is 44.8 Å². The molecule has 2 unspecified atom stereocenters. The van der Waals surface area contributed by atoms with Crippen LogP contribution in [-0.4, -0.2) is 37.8 Å². The minimum atomic E-state index is -0.465. The number of ketones is 1.